The molecule has 0 bridgehead atoms. The Labute approximate surface area is 184 Å². The molecule has 0 saturated carbocycles. The van der Waals surface area contributed by atoms with Gasteiger partial charge in [0.2, 0.25) is 5.91 Å². The highest BCUT2D eigenvalue weighted by Gasteiger charge is 2.24. The first-order valence-electron chi connectivity index (χ1n) is 10.3. The standard InChI is InChI=1S/C24H28N4O.ClH/c1-18-15-21(11-13-25-18)24(29)26-16-22-5-2-3-6-23(22)20-9-7-19(8-10-20)17-28-14-4-12-27-28;/h2-10,12,14,18,21,25H,11,13,15-17H2,1H3,(H,26,29);1H/t18-,21-;/m0./s1. The van der Waals surface area contributed by atoms with E-state index in [1.54, 1.807) is 6.20 Å². The van der Waals surface area contributed by atoms with E-state index in [0.717, 1.165) is 42.6 Å². The van der Waals surface area contributed by atoms with Crippen LogP contribution in [0.5, 0.6) is 0 Å². The largest absolute Gasteiger partial charge is 0.352 e. The smallest absolute Gasteiger partial charge is 0.223 e. The number of nitrogens with one attached hydrogen (secondary N) is 2. The summed E-state index contributed by atoms with van der Waals surface area (Å²) in [6, 6.07) is 19.2. The Kier molecular flexibility index (Phi) is 7.66. The molecular formula is C24H29ClN4O. The predicted molar refractivity (Wildman–Crippen MR) is 122 cm³/mol. The van der Waals surface area contributed by atoms with Gasteiger partial charge in [-0.15, -0.1) is 12.4 Å². The highest BCUT2D eigenvalue weighted by atomic mass is 35.5. The van der Waals surface area contributed by atoms with Crippen LogP contribution in [0, 0.1) is 5.92 Å². The van der Waals surface area contributed by atoms with Crippen molar-refractivity contribution in [2.45, 2.75) is 38.9 Å². The number of carbonyl (C=O) groups excluding carboxylic acids is 1. The van der Waals surface area contributed by atoms with Gasteiger partial charge in [0.15, 0.2) is 0 Å². The maximum Gasteiger partial charge on any atom is 0.223 e. The summed E-state index contributed by atoms with van der Waals surface area (Å²) in [4.78, 5) is 12.6. The van der Waals surface area contributed by atoms with Crippen LogP contribution in [0.2, 0.25) is 0 Å². The van der Waals surface area contributed by atoms with Crippen molar-refractivity contribution in [3.05, 3.63) is 78.1 Å². The normalized spacial score (nSPS) is 18.4. The zero-order valence-electron chi connectivity index (χ0n) is 17.3. The number of halogens is 1. The summed E-state index contributed by atoms with van der Waals surface area (Å²) in [7, 11) is 0. The van der Waals surface area contributed by atoms with Gasteiger partial charge in [-0.1, -0.05) is 48.5 Å². The van der Waals surface area contributed by atoms with Crippen molar-refractivity contribution in [2.75, 3.05) is 6.54 Å². The lowest BCUT2D eigenvalue weighted by atomic mass is 9.92. The van der Waals surface area contributed by atoms with Gasteiger partial charge in [0.1, 0.15) is 0 Å². The number of hydrogen-bond acceptors (Lipinski definition) is 3. The second kappa shape index (κ2) is 10.4. The van der Waals surface area contributed by atoms with Gasteiger partial charge in [-0.05, 0) is 54.6 Å². The summed E-state index contributed by atoms with van der Waals surface area (Å²) >= 11 is 0. The molecule has 1 aliphatic rings. The van der Waals surface area contributed by atoms with E-state index in [-0.39, 0.29) is 24.2 Å². The second-order valence-electron chi connectivity index (χ2n) is 7.85. The lowest BCUT2D eigenvalue weighted by molar-refractivity contribution is -0.126. The zero-order valence-corrected chi connectivity index (χ0v) is 18.1. The number of carbonyl (C=O) groups is 1. The fraction of sp³-hybridized carbons (Fsp3) is 0.333. The lowest BCUT2D eigenvalue weighted by Crippen LogP contribution is -2.42. The maximum absolute atomic E-state index is 12.6. The van der Waals surface area contributed by atoms with Crippen LogP contribution in [0.3, 0.4) is 0 Å². The molecule has 0 aliphatic carbocycles. The Morgan fingerprint density at radius 3 is 2.70 bits per heavy atom. The SMILES string of the molecule is C[C@H]1C[C@@H](C(=O)NCc2ccccc2-c2ccc(Cn3cccn3)cc2)CCN1.Cl. The Balaban J connectivity index is 0.00000256. The van der Waals surface area contributed by atoms with Gasteiger partial charge in [-0.2, -0.15) is 5.10 Å². The van der Waals surface area contributed by atoms with Gasteiger partial charge in [0.25, 0.3) is 0 Å². The fourth-order valence-corrected chi connectivity index (χ4v) is 4.02. The minimum Gasteiger partial charge on any atom is -0.352 e. The molecule has 3 aromatic rings. The van der Waals surface area contributed by atoms with Gasteiger partial charge < -0.3 is 10.6 Å². The predicted octanol–water partition coefficient (Wildman–Crippen LogP) is 4.02. The van der Waals surface area contributed by atoms with Crippen LogP contribution in [0.4, 0.5) is 0 Å². The van der Waals surface area contributed by atoms with Gasteiger partial charge >= 0.3 is 0 Å². The number of piperidine rings is 1. The first kappa shape index (κ1) is 22.1. The minimum absolute atomic E-state index is 0. The zero-order chi connectivity index (χ0) is 20.1. The maximum atomic E-state index is 12.6. The van der Waals surface area contributed by atoms with E-state index >= 15 is 0 Å². The molecule has 0 spiro atoms. The van der Waals surface area contributed by atoms with Crippen molar-refractivity contribution in [2.24, 2.45) is 5.92 Å². The average molecular weight is 425 g/mol. The molecule has 1 aromatic heterocycles. The molecule has 2 atom stereocenters. The number of benzene rings is 2. The molecule has 5 nitrogen and oxygen atoms in total. The summed E-state index contributed by atoms with van der Waals surface area (Å²) in [6.07, 6.45) is 5.58. The van der Waals surface area contributed by atoms with Crippen molar-refractivity contribution in [3.8, 4) is 11.1 Å². The van der Waals surface area contributed by atoms with Crippen LogP contribution in [0.25, 0.3) is 11.1 Å². The molecule has 6 heteroatoms. The van der Waals surface area contributed by atoms with Crippen molar-refractivity contribution < 1.29 is 4.79 Å². The summed E-state index contributed by atoms with van der Waals surface area (Å²) in [6.45, 7) is 4.38. The summed E-state index contributed by atoms with van der Waals surface area (Å²) < 4.78 is 1.92. The molecule has 30 heavy (non-hydrogen) atoms. The van der Waals surface area contributed by atoms with Crippen LogP contribution in [0.15, 0.2) is 67.0 Å². The number of hydrogen-bond donors (Lipinski definition) is 2. The minimum atomic E-state index is 0. The highest BCUT2D eigenvalue weighted by molar-refractivity contribution is 5.85. The molecule has 158 valence electrons. The monoisotopic (exact) mass is 424 g/mol. The molecule has 0 unspecified atom stereocenters. The van der Waals surface area contributed by atoms with E-state index < -0.39 is 0 Å². The van der Waals surface area contributed by atoms with Crippen LogP contribution >= 0.6 is 12.4 Å². The first-order valence-corrected chi connectivity index (χ1v) is 10.3. The van der Waals surface area contributed by atoms with Crippen LogP contribution in [-0.2, 0) is 17.9 Å². The molecule has 2 N–H and O–H groups in total. The Morgan fingerprint density at radius 2 is 1.97 bits per heavy atom. The number of aromatic nitrogens is 2. The van der Waals surface area contributed by atoms with E-state index in [4.69, 9.17) is 0 Å². The van der Waals surface area contributed by atoms with Crippen LogP contribution in [0.1, 0.15) is 30.9 Å². The van der Waals surface area contributed by atoms with Crippen molar-refractivity contribution in [1.82, 2.24) is 20.4 Å². The molecule has 1 fully saturated rings. The molecule has 2 aromatic carbocycles. The molecule has 1 saturated heterocycles. The van der Waals surface area contributed by atoms with Crippen molar-refractivity contribution >= 4 is 18.3 Å². The van der Waals surface area contributed by atoms with E-state index in [1.165, 1.54) is 5.56 Å². The van der Waals surface area contributed by atoms with E-state index in [2.05, 4.69) is 59.1 Å². The number of nitrogens with zero attached hydrogens (tertiary/aromatic N) is 2. The lowest BCUT2D eigenvalue weighted by Gasteiger charge is -2.27. The molecule has 1 aliphatic heterocycles. The van der Waals surface area contributed by atoms with Gasteiger partial charge in [-0.3, -0.25) is 9.48 Å². The average Bonchev–Trinajstić information content (AvgIpc) is 3.26. The van der Waals surface area contributed by atoms with Crippen LogP contribution < -0.4 is 10.6 Å². The summed E-state index contributed by atoms with van der Waals surface area (Å²) in [5.74, 6) is 0.280. The second-order valence-corrected chi connectivity index (χ2v) is 7.85. The van der Waals surface area contributed by atoms with Gasteiger partial charge in [0.05, 0.1) is 6.54 Å². The van der Waals surface area contributed by atoms with E-state index in [0.29, 0.717) is 12.6 Å². The third-order valence-electron chi connectivity index (χ3n) is 5.63. The van der Waals surface area contributed by atoms with Crippen LogP contribution in [-0.4, -0.2) is 28.3 Å². The first-order chi connectivity index (χ1) is 14.2. The van der Waals surface area contributed by atoms with E-state index in [1.807, 2.05) is 29.1 Å². The molecule has 4 rings (SSSR count). The van der Waals surface area contributed by atoms with E-state index in [9.17, 15) is 4.79 Å². The van der Waals surface area contributed by atoms with Crippen molar-refractivity contribution in [3.63, 3.8) is 0 Å². The molecule has 1 amide bonds. The Bertz CT molecular complexity index is 940. The molecule has 0 radical (unpaired) electrons. The van der Waals surface area contributed by atoms with Crippen molar-refractivity contribution in [1.29, 1.82) is 0 Å². The van der Waals surface area contributed by atoms with Gasteiger partial charge in [0, 0.05) is 30.9 Å². The summed E-state index contributed by atoms with van der Waals surface area (Å²) in [5, 5.41) is 10.8. The van der Waals surface area contributed by atoms with Gasteiger partial charge in [-0.25, -0.2) is 0 Å². The topological polar surface area (TPSA) is 59.0 Å². The Morgan fingerprint density at radius 1 is 1.17 bits per heavy atom. The number of rotatable bonds is 6. The summed E-state index contributed by atoms with van der Waals surface area (Å²) in [5.41, 5.74) is 4.68. The number of amides is 1. The quantitative estimate of drug-likeness (QED) is 0.628. The molecular weight excluding hydrogens is 396 g/mol. The third kappa shape index (κ3) is 5.49. The highest BCUT2D eigenvalue weighted by Crippen LogP contribution is 2.25. The fourth-order valence-electron chi connectivity index (χ4n) is 4.02. The third-order valence-corrected chi connectivity index (χ3v) is 5.63. The molecule has 2 heterocycles. The Hall–Kier alpha value is -2.63.